The SMILES string of the molecule is CC1Cc2ccccc2C1C.CCC(C)(C)C(=O)OC1CCCCc2ccccc21. The van der Waals surface area contributed by atoms with E-state index in [9.17, 15) is 4.79 Å². The molecule has 2 aliphatic rings. The number of benzene rings is 2. The van der Waals surface area contributed by atoms with Crippen LogP contribution in [0.3, 0.4) is 0 Å². The Hall–Kier alpha value is -2.09. The maximum Gasteiger partial charge on any atom is 0.312 e. The average Bonchev–Trinajstić information content (AvgIpc) is 2.91. The molecule has 0 aliphatic heterocycles. The van der Waals surface area contributed by atoms with Crippen LogP contribution in [0.5, 0.6) is 0 Å². The highest BCUT2D eigenvalue weighted by atomic mass is 16.5. The van der Waals surface area contributed by atoms with Crippen LogP contribution in [-0.4, -0.2) is 5.97 Å². The highest BCUT2D eigenvalue weighted by Gasteiger charge is 2.31. The lowest BCUT2D eigenvalue weighted by molar-refractivity contribution is -0.160. The minimum atomic E-state index is -0.388. The van der Waals surface area contributed by atoms with E-state index in [0.717, 1.165) is 37.5 Å². The maximum absolute atomic E-state index is 12.3. The van der Waals surface area contributed by atoms with E-state index >= 15 is 0 Å². The van der Waals surface area contributed by atoms with Crippen LogP contribution in [0.15, 0.2) is 48.5 Å². The van der Waals surface area contributed by atoms with Gasteiger partial charge in [-0.05, 0) is 86.5 Å². The second kappa shape index (κ2) is 9.81. The smallest absolute Gasteiger partial charge is 0.312 e. The fourth-order valence-corrected chi connectivity index (χ4v) is 4.43. The van der Waals surface area contributed by atoms with Crippen molar-refractivity contribution in [3.63, 3.8) is 0 Å². The number of ether oxygens (including phenoxy) is 1. The van der Waals surface area contributed by atoms with Crippen molar-refractivity contribution in [2.45, 2.75) is 85.2 Å². The van der Waals surface area contributed by atoms with Gasteiger partial charge >= 0.3 is 5.97 Å². The lowest BCUT2D eigenvalue weighted by Gasteiger charge is -2.25. The lowest BCUT2D eigenvalue weighted by Crippen LogP contribution is -2.27. The Morgan fingerprint density at radius 1 is 0.967 bits per heavy atom. The number of aryl methyl sites for hydroxylation is 1. The van der Waals surface area contributed by atoms with Crippen molar-refractivity contribution in [1.82, 2.24) is 0 Å². The van der Waals surface area contributed by atoms with Crippen LogP contribution < -0.4 is 0 Å². The van der Waals surface area contributed by atoms with Crippen LogP contribution in [0.4, 0.5) is 0 Å². The van der Waals surface area contributed by atoms with E-state index in [4.69, 9.17) is 4.74 Å². The number of esters is 1. The van der Waals surface area contributed by atoms with Gasteiger partial charge in [0.1, 0.15) is 6.10 Å². The third-order valence-electron chi connectivity index (χ3n) is 7.19. The van der Waals surface area contributed by atoms with E-state index in [1.54, 1.807) is 11.1 Å². The summed E-state index contributed by atoms with van der Waals surface area (Å²) < 4.78 is 5.81. The fourth-order valence-electron chi connectivity index (χ4n) is 4.43. The van der Waals surface area contributed by atoms with Crippen molar-refractivity contribution >= 4 is 5.97 Å². The summed E-state index contributed by atoms with van der Waals surface area (Å²) in [4.78, 5) is 12.3. The monoisotopic (exact) mass is 406 g/mol. The van der Waals surface area contributed by atoms with Crippen molar-refractivity contribution in [1.29, 1.82) is 0 Å². The van der Waals surface area contributed by atoms with Gasteiger partial charge in [0.05, 0.1) is 5.41 Å². The first-order valence-electron chi connectivity index (χ1n) is 11.7. The molecule has 3 atom stereocenters. The number of carbonyl (C=O) groups excluding carboxylic acids is 1. The van der Waals surface area contributed by atoms with Crippen molar-refractivity contribution in [2.75, 3.05) is 0 Å². The molecule has 0 fully saturated rings. The molecule has 0 bridgehead atoms. The molecule has 2 aromatic rings. The maximum atomic E-state index is 12.3. The highest BCUT2D eigenvalue weighted by molar-refractivity contribution is 5.76. The molecule has 4 rings (SSSR count). The van der Waals surface area contributed by atoms with Crippen LogP contribution in [0.25, 0.3) is 0 Å². The predicted octanol–water partition coefficient (Wildman–Crippen LogP) is 7.42. The zero-order valence-corrected chi connectivity index (χ0v) is 19.4. The molecule has 2 aromatic carbocycles. The fraction of sp³-hybridized carbons (Fsp3) is 0.536. The molecular formula is C28H38O2. The van der Waals surface area contributed by atoms with E-state index in [1.165, 1.54) is 24.0 Å². The quantitative estimate of drug-likeness (QED) is 0.392. The van der Waals surface area contributed by atoms with Gasteiger partial charge in [-0.25, -0.2) is 0 Å². The molecule has 30 heavy (non-hydrogen) atoms. The summed E-state index contributed by atoms with van der Waals surface area (Å²) in [6.45, 7) is 10.6. The van der Waals surface area contributed by atoms with Gasteiger partial charge in [-0.15, -0.1) is 0 Å². The van der Waals surface area contributed by atoms with Crippen LogP contribution in [0, 0.1) is 11.3 Å². The molecule has 2 aliphatic carbocycles. The molecule has 0 N–H and O–H groups in total. The molecule has 2 nitrogen and oxygen atoms in total. The molecule has 2 heteroatoms. The van der Waals surface area contributed by atoms with Gasteiger partial charge in [-0.2, -0.15) is 0 Å². The summed E-state index contributed by atoms with van der Waals surface area (Å²) in [5.41, 5.74) is 5.29. The third-order valence-corrected chi connectivity index (χ3v) is 7.19. The van der Waals surface area contributed by atoms with Crippen LogP contribution in [0.2, 0.25) is 0 Å². The minimum Gasteiger partial charge on any atom is -0.457 e. The van der Waals surface area contributed by atoms with Crippen molar-refractivity contribution in [2.24, 2.45) is 11.3 Å². The Morgan fingerprint density at radius 3 is 2.27 bits per heavy atom. The Kier molecular flexibility index (Phi) is 7.39. The van der Waals surface area contributed by atoms with Gasteiger partial charge in [-0.1, -0.05) is 69.3 Å². The van der Waals surface area contributed by atoms with Gasteiger partial charge in [0.25, 0.3) is 0 Å². The standard InChI is InChI=1S/C17H24O2.C11H14/c1-4-17(2,3)16(18)19-15-12-8-6-10-13-9-5-7-11-14(13)15;1-8-7-10-5-3-4-6-11(10)9(8)2/h5,7,9,11,15H,4,6,8,10,12H2,1-3H3;3-6,8-9H,7H2,1-2H3. The molecular weight excluding hydrogens is 368 g/mol. The molecule has 162 valence electrons. The summed E-state index contributed by atoms with van der Waals surface area (Å²) in [5.74, 6) is 1.54. The summed E-state index contributed by atoms with van der Waals surface area (Å²) in [6, 6.07) is 17.2. The van der Waals surface area contributed by atoms with E-state index < -0.39 is 0 Å². The summed E-state index contributed by atoms with van der Waals surface area (Å²) in [6.07, 6.45) is 6.38. The van der Waals surface area contributed by atoms with Crippen LogP contribution in [0.1, 0.15) is 94.6 Å². The van der Waals surface area contributed by atoms with E-state index in [0.29, 0.717) is 0 Å². The molecule has 0 heterocycles. The van der Waals surface area contributed by atoms with Gasteiger partial charge < -0.3 is 4.74 Å². The first-order valence-corrected chi connectivity index (χ1v) is 11.7. The van der Waals surface area contributed by atoms with Gasteiger partial charge in [0.2, 0.25) is 0 Å². The van der Waals surface area contributed by atoms with E-state index in [1.807, 2.05) is 26.8 Å². The Morgan fingerprint density at radius 2 is 1.60 bits per heavy atom. The van der Waals surface area contributed by atoms with Gasteiger partial charge in [-0.3, -0.25) is 4.79 Å². The third kappa shape index (κ3) is 5.14. The average molecular weight is 407 g/mol. The zero-order chi connectivity index (χ0) is 21.7. The van der Waals surface area contributed by atoms with E-state index in [2.05, 4.69) is 56.3 Å². The summed E-state index contributed by atoms with van der Waals surface area (Å²) >= 11 is 0. The summed E-state index contributed by atoms with van der Waals surface area (Å²) in [5, 5.41) is 0. The first-order chi connectivity index (χ1) is 14.3. The van der Waals surface area contributed by atoms with Crippen molar-refractivity contribution in [3.8, 4) is 0 Å². The number of carbonyl (C=O) groups is 1. The number of fused-ring (bicyclic) bond motifs is 2. The molecule has 0 aromatic heterocycles. The second-order valence-corrected chi connectivity index (χ2v) is 9.74. The molecule has 3 unspecified atom stereocenters. The lowest BCUT2D eigenvalue weighted by atomic mass is 9.90. The van der Waals surface area contributed by atoms with E-state index in [-0.39, 0.29) is 17.5 Å². The van der Waals surface area contributed by atoms with Gasteiger partial charge in [0.15, 0.2) is 0 Å². The highest BCUT2D eigenvalue weighted by Crippen LogP contribution is 2.37. The van der Waals surface area contributed by atoms with Crippen LogP contribution >= 0.6 is 0 Å². The first kappa shape index (κ1) is 22.6. The minimum absolute atomic E-state index is 0.0583. The van der Waals surface area contributed by atoms with Crippen molar-refractivity contribution in [3.05, 3.63) is 70.8 Å². The molecule has 0 amide bonds. The largest absolute Gasteiger partial charge is 0.457 e. The van der Waals surface area contributed by atoms with Gasteiger partial charge in [0, 0.05) is 0 Å². The normalized spacial score (nSPS) is 22.8. The second-order valence-electron chi connectivity index (χ2n) is 9.74. The van der Waals surface area contributed by atoms with Crippen molar-refractivity contribution < 1.29 is 9.53 Å². The topological polar surface area (TPSA) is 26.3 Å². The Balaban J connectivity index is 0.000000196. The Labute approximate surface area is 183 Å². The molecule has 0 spiro atoms. The molecule has 0 saturated heterocycles. The predicted molar refractivity (Wildman–Crippen MR) is 125 cm³/mol. The molecule has 0 radical (unpaired) electrons. The number of hydrogen-bond acceptors (Lipinski definition) is 2. The van der Waals surface area contributed by atoms with Crippen LogP contribution in [-0.2, 0) is 22.4 Å². The number of hydrogen-bond donors (Lipinski definition) is 0. The summed E-state index contributed by atoms with van der Waals surface area (Å²) in [7, 11) is 0. The molecule has 0 saturated carbocycles. The zero-order valence-electron chi connectivity index (χ0n) is 19.4. The Bertz CT molecular complexity index is 851. The number of rotatable bonds is 3.